The van der Waals surface area contributed by atoms with E-state index in [0.717, 1.165) is 16.4 Å². The van der Waals surface area contributed by atoms with Crippen LogP contribution in [0.25, 0.3) is 6.08 Å². The number of hydrogen-bond acceptors (Lipinski definition) is 3. The molecule has 0 saturated carbocycles. The summed E-state index contributed by atoms with van der Waals surface area (Å²) in [5.41, 5.74) is 8.53. The molecule has 0 aliphatic carbocycles. The van der Waals surface area contributed by atoms with Crippen LogP contribution < -0.4 is 5.73 Å². The van der Waals surface area contributed by atoms with E-state index in [0.29, 0.717) is 6.54 Å². The van der Waals surface area contributed by atoms with Crippen molar-refractivity contribution >= 4 is 29.1 Å². The van der Waals surface area contributed by atoms with E-state index in [1.807, 2.05) is 27.7 Å². The molecule has 0 radical (unpaired) electrons. The van der Waals surface area contributed by atoms with Gasteiger partial charge in [-0.1, -0.05) is 46.3 Å². The van der Waals surface area contributed by atoms with Crippen molar-refractivity contribution in [1.82, 2.24) is 0 Å². The fourth-order valence-electron chi connectivity index (χ4n) is 2.13. The van der Waals surface area contributed by atoms with E-state index >= 15 is 0 Å². The Morgan fingerprint density at radius 1 is 1.14 bits per heavy atom. The smallest absolute Gasteiger partial charge is 0.400 e. The van der Waals surface area contributed by atoms with Crippen LogP contribution in [0.1, 0.15) is 38.8 Å². The summed E-state index contributed by atoms with van der Waals surface area (Å²) >= 11 is 3.45. The van der Waals surface area contributed by atoms with E-state index in [2.05, 4.69) is 46.3 Å². The van der Waals surface area contributed by atoms with Crippen LogP contribution in [-0.4, -0.2) is 24.9 Å². The Morgan fingerprint density at radius 3 is 2.10 bits per heavy atom. The van der Waals surface area contributed by atoms with Crippen LogP contribution in [0.3, 0.4) is 0 Å². The van der Waals surface area contributed by atoms with Crippen molar-refractivity contribution in [2.75, 3.05) is 6.54 Å². The van der Waals surface area contributed by atoms with Crippen molar-refractivity contribution in [2.45, 2.75) is 44.2 Å². The topological polar surface area (TPSA) is 44.5 Å². The van der Waals surface area contributed by atoms with Crippen molar-refractivity contribution in [3.05, 3.63) is 40.9 Å². The fraction of sp³-hybridized carbons (Fsp3) is 0.500. The molecule has 1 saturated heterocycles. The summed E-state index contributed by atoms with van der Waals surface area (Å²) < 4.78 is 12.1. The number of halogens is 1. The normalized spacial score (nSPS) is 20.9. The molecule has 2 rings (SSSR count). The zero-order chi connectivity index (χ0) is 15.7. The lowest BCUT2D eigenvalue weighted by molar-refractivity contribution is 0.00578. The molecule has 0 bridgehead atoms. The van der Waals surface area contributed by atoms with E-state index in [1.54, 1.807) is 0 Å². The predicted octanol–water partition coefficient (Wildman–Crippen LogP) is 3.56. The van der Waals surface area contributed by atoms with Crippen LogP contribution in [-0.2, 0) is 14.6 Å². The molecule has 1 fully saturated rings. The SMILES string of the molecule is CC1(C)OB(C(=Cc2ccc(CBr)cc2)CN)OC1(C)C. The summed E-state index contributed by atoms with van der Waals surface area (Å²) in [4.78, 5) is 0. The Morgan fingerprint density at radius 2 is 1.67 bits per heavy atom. The second kappa shape index (κ2) is 6.25. The molecule has 1 heterocycles. The van der Waals surface area contributed by atoms with Gasteiger partial charge in [0.25, 0.3) is 0 Å². The number of rotatable bonds is 4. The number of nitrogens with two attached hydrogens (primary N) is 1. The zero-order valence-corrected chi connectivity index (χ0v) is 14.7. The summed E-state index contributed by atoms with van der Waals surface area (Å²) in [6.07, 6.45) is 2.06. The minimum atomic E-state index is -0.379. The number of hydrogen-bond donors (Lipinski definition) is 1. The second-order valence-electron chi connectivity index (χ2n) is 6.39. The molecule has 3 nitrogen and oxygen atoms in total. The molecular weight excluding hydrogens is 329 g/mol. The fourth-order valence-corrected chi connectivity index (χ4v) is 2.51. The Labute approximate surface area is 136 Å². The van der Waals surface area contributed by atoms with Gasteiger partial charge in [0, 0.05) is 11.9 Å². The summed E-state index contributed by atoms with van der Waals surface area (Å²) in [6, 6.07) is 8.35. The van der Waals surface area contributed by atoms with Gasteiger partial charge in [-0.2, -0.15) is 0 Å². The molecule has 1 aromatic rings. The first-order valence-corrected chi connectivity index (χ1v) is 8.32. The Balaban J connectivity index is 2.22. The first-order chi connectivity index (χ1) is 9.79. The molecule has 0 amide bonds. The minimum absolute atomic E-state index is 0.342. The van der Waals surface area contributed by atoms with Crippen LogP contribution in [0, 0.1) is 0 Å². The highest BCUT2D eigenvalue weighted by Crippen LogP contribution is 2.38. The van der Waals surface area contributed by atoms with Crippen molar-refractivity contribution in [2.24, 2.45) is 5.73 Å². The highest BCUT2D eigenvalue weighted by Gasteiger charge is 2.52. The number of benzene rings is 1. The van der Waals surface area contributed by atoms with E-state index < -0.39 is 0 Å². The lowest BCUT2D eigenvalue weighted by Gasteiger charge is -2.32. The van der Waals surface area contributed by atoms with Crippen molar-refractivity contribution in [3.63, 3.8) is 0 Å². The summed E-state index contributed by atoms with van der Waals surface area (Å²) in [5, 5.41) is 0.859. The molecule has 21 heavy (non-hydrogen) atoms. The third kappa shape index (κ3) is 3.59. The molecule has 5 heteroatoms. The largest absolute Gasteiger partial charge is 0.491 e. The van der Waals surface area contributed by atoms with E-state index in [-0.39, 0.29) is 18.3 Å². The average molecular weight is 352 g/mol. The Hall–Kier alpha value is -0.615. The number of alkyl halides is 1. The van der Waals surface area contributed by atoms with Gasteiger partial charge in [0.15, 0.2) is 0 Å². The van der Waals surface area contributed by atoms with Crippen LogP contribution in [0.2, 0.25) is 0 Å². The van der Waals surface area contributed by atoms with Gasteiger partial charge in [-0.25, -0.2) is 0 Å². The van der Waals surface area contributed by atoms with Crippen molar-refractivity contribution in [1.29, 1.82) is 0 Å². The molecular formula is C16H23BBrNO2. The third-order valence-electron chi connectivity index (χ3n) is 4.28. The van der Waals surface area contributed by atoms with Gasteiger partial charge in [-0.3, -0.25) is 0 Å². The van der Waals surface area contributed by atoms with E-state index in [4.69, 9.17) is 15.0 Å². The van der Waals surface area contributed by atoms with Crippen LogP contribution in [0.15, 0.2) is 29.7 Å². The lowest BCUT2D eigenvalue weighted by atomic mass is 9.77. The maximum atomic E-state index is 6.06. The first kappa shape index (κ1) is 16.8. The molecule has 114 valence electrons. The van der Waals surface area contributed by atoms with Crippen LogP contribution in [0.4, 0.5) is 0 Å². The minimum Gasteiger partial charge on any atom is -0.400 e. The van der Waals surface area contributed by atoms with Crippen LogP contribution in [0.5, 0.6) is 0 Å². The monoisotopic (exact) mass is 351 g/mol. The Bertz CT molecular complexity index is 510. The third-order valence-corrected chi connectivity index (χ3v) is 4.93. The molecule has 0 spiro atoms. The second-order valence-corrected chi connectivity index (χ2v) is 6.95. The lowest BCUT2D eigenvalue weighted by Crippen LogP contribution is -2.41. The summed E-state index contributed by atoms with van der Waals surface area (Å²) in [7, 11) is -0.379. The van der Waals surface area contributed by atoms with Gasteiger partial charge in [-0.15, -0.1) is 0 Å². The first-order valence-electron chi connectivity index (χ1n) is 7.20. The van der Waals surface area contributed by atoms with Gasteiger partial charge < -0.3 is 15.0 Å². The summed E-state index contributed by atoms with van der Waals surface area (Å²) in [6.45, 7) is 8.60. The van der Waals surface area contributed by atoms with Crippen molar-refractivity contribution < 1.29 is 9.31 Å². The van der Waals surface area contributed by atoms with E-state index in [9.17, 15) is 0 Å². The summed E-state index contributed by atoms with van der Waals surface area (Å²) in [5.74, 6) is 0. The van der Waals surface area contributed by atoms with Gasteiger partial charge in [0.1, 0.15) is 0 Å². The predicted molar refractivity (Wildman–Crippen MR) is 92.2 cm³/mol. The quantitative estimate of drug-likeness (QED) is 0.666. The maximum Gasteiger partial charge on any atom is 0.491 e. The maximum absolute atomic E-state index is 6.06. The molecule has 0 atom stereocenters. The van der Waals surface area contributed by atoms with Gasteiger partial charge in [0.2, 0.25) is 0 Å². The molecule has 0 unspecified atom stereocenters. The van der Waals surface area contributed by atoms with E-state index in [1.165, 1.54) is 5.56 Å². The van der Waals surface area contributed by atoms with Crippen molar-refractivity contribution in [3.8, 4) is 0 Å². The molecule has 1 aromatic carbocycles. The standard InChI is InChI=1S/C16H23BBrNO2/c1-15(2)16(3,4)21-17(20-15)14(11-19)9-12-5-7-13(10-18)8-6-12/h5-9H,10-11,19H2,1-4H3. The van der Waals surface area contributed by atoms with Gasteiger partial charge in [0.05, 0.1) is 11.2 Å². The van der Waals surface area contributed by atoms with Gasteiger partial charge >= 0.3 is 7.12 Å². The molecule has 0 aromatic heterocycles. The highest BCUT2D eigenvalue weighted by molar-refractivity contribution is 9.08. The Kier molecular flexibility index (Phi) is 4.98. The zero-order valence-electron chi connectivity index (χ0n) is 13.2. The van der Waals surface area contributed by atoms with Gasteiger partial charge in [-0.05, 0) is 44.3 Å². The van der Waals surface area contributed by atoms with Crippen LogP contribution >= 0.6 is 15.9 Å². The molecule has 1 aliphatic rings. The molecule has 2 N–H and O–H groups in total. The highest BCUT2D eigenvalue weighted by atomic mass is 79.9. The molecule has 1 aliphatic heterocycles. The average Bonchev–Trinajstić information content (AvgIpc) is 2.65.